The number of halogens is 2. The maximum absolute atomic E-state index is 14.6. The zero-order valence-electron chi connectivity index (χ0n) is 17.5. The number of benzene rings is 3. The Balaban J connectivity index is 1.49. The Bertz CT molecular complexity index is 1540. The molecule has 34 heavy (non-hydrogen) atoms. The van der Waals surface area contributed by atoms with Crippen molar-refractivity contribution in [3.63, 3.8) is 0 Å². The molecular weight excluding hydrogens is 440 g/mol. The second kappa shape index (κ2) is 8.30. The van der Waals surface area contributed by atoms with E-state index in [0.29, 0.717) is 11.1 Å². The van der Waals surface area contributed by atoms with Gasteiger partial charge in [-0.05, 0) is 36.4 Å². The highest BCUT2D eigenvalue weighted by molar-refractivity contribution is 5.95. The SMILES string of the molecule is N#CC1=C(N)Oc2cc(OC(=O)c3ccc4ncccc4c3)ccc2C1c1ccc(F)cc1F. The molecule has 1 unspecified atom stereocenters. The number of carbonyl (C=O) groups excluding carboxylic acids is 1. The van der Waals surface area contributed by atoms with Crippen LogP contribution < -0.4 is 15.2 Å². The van der Waals surface area contributed by atoms with E-state index in [1.54, 1.807) is 36.5 Å². The molecule has 1 aromatic heterocycles. The Kier molecular flexibility index (Phi) is 5.15. The van der Waals surface area contributed by atoms with Gasteiger partial charge in [0.1, 0.15) is 34.8 Å². The maximum atomic E-state index is 14.6. The molecule has 0 bridgehead atoms. The zero-order chi connectivity index (χ0) is 23.8. The summed E-state index contributed by atoms with van der Waals surface area (Å²) in [5.74, 6) is -2.92. The summed E-state index contributed by atoms with van der Waals surface area (Å²) < 4.78 is 39.1. The summed E-state index contributed by atoms with van der Waals surface area (Å²) in [6.45, 7) is 0. The topological polar surface area (TPSA) is 98.2 Å². The van der Waals surface area contributed by atoms with Crippen LogP contribution in [0.2, 0.25) is 0 Å². The molecule has 6 nitrogen and oxygen atoms in total. The van der Waals surface area contributed by atoms with Crippen LogP contribution in [0.5, 0.6) is 11.5 Å². The molecular formula is C26H15F2N3O3. The Morgan fingerprint density at radius 2 is 1.88 bits per heavy atom. The second-order valence-electron chi connectivity index (χ2n) is 7.59. The third-order valence-corrected chi connectivity index (χ3v) is 5.51. The van der Waals surface area contributed by atoms with Crippen LogP contribution in [0.25, 0.3) is 10.9 Å². The third kappa shape index (κ3) is 3.69. The predicted molar refractivity (Wildman–Crippen MR) is 119 cm³/mol. The fourth-order valence-corrected chi connectivity index (χ4v) is 3.92. The van der Waals surface area contributed by atoms with Crippen LogP contribution in [0.1, 0.15) is 27.4 Å². The standard InChI is InChI=1S/C26H15F2N3O3/c27-16-4-6-18(21(28)11-16)24-19-7-5-17(12-23(19)34-25(30)20(24)13-29)33-26(32)15-3-8-22-14(10-15)2-1-9-31-22/h1-12,24H,30H2. The number of nitrogens with zero attached hydrogens (tertiary/aromatic N) is 2. The lowest BCUT2D eigenvalue weighted by atomic mass is 9.83. The van der Waals surface area contributed by atoms with Crippen LogP contribution in [-0.2, 0) is 0 Å². The zero-order valence-corrected chi connectivity index (χ0v) is 17.5. The van der Waals surface area contributed by atoms with Gasteiger partial charge in [0.25, 0.3) is 0 Å². The van der Waals surface area contributed by atoms with E-state index in [2.05, 4.69) is 4.98 Å². The van der Waals surface area contributed by atoms with Crippen molar-refractivity contribution < 1.29 is 23.0 Å². The van der Waals surface area contributed by atoms with Gasteiger partial charge >= 0.3 is 5.97 Å². The van der Waals surface area contributed by atoms with E-state index in [4.69, 9.17) is 15.2 Å². The molecule has 3 aromatic carbocycles. The maximum Gasteiger partial charge on any atom is 0.343 e. The molecule has 2 heterocycles. The summed E-state index contributed by atoms with van der Waals surface area (Å²) in [4.78, 5) is 16.9. The van der Waals surface area contributed by atoms with Crippen LogP contribution in [0.3, 0.4) is 0 Å². The molecule has 0 amide bonds. The minimum atomic E-state index is -0.910. The average molecular weight is 455 g/mol. The van der Waals surface area contributed by atoms with Crippen molar-refractivity contribution in [3.8, 4) is 17.6 Å². The minimum absolute atomic E-state index is 0.00692. The summed E-state index contributed by atoms with van der Waals surface area (Å²) in [5, 5.41) is 10.4. The van der Waals surface area contributed by atoms with Crippen LogP contribution in [0.4, 0.5) is 8.78 Å². The lowest BCUT2D eigenvalue weighted by molar-refractivity contribution is 0.0734. The van der Waals surface area contributed by atoms with Gasteiger partial charge in [0, 0.05) is 34.8 Å². The molecule has 5 rings (SSSR count). The minimum Gasteiger partial charge on any atom is -0.440 e. The van der Waals surface area contributed by atoms with Gasteiger partial charge in [0.2, 0.25) is 5.88 Å². The highest BCUT2D eigenvalue weighted by atomic mass is 19.1. The van der Waals surface area contributed by atoms with E-state index in [9.17, 15) is 18.8 Å². The Morgan fingerprint density at radius 1 is 1.06 bits per heavy atom. The van der Waals surface area contributed by atoms with Crippen molar-refractivity contribution in [3.05, 3.63) is 113 Å². The average Bonchev–Trinajstić information content (AvgIpc) is 2.83. The molecule has 1 aliphatic heterocycles. The monoisotopic (exact) mass is 455 g/mol. The van der Waals surface area contributed by atoms with E-state index in [1.165, 1.54) is 18.2 Å². The van der Waals surface area contributed by atoms with E-state index in [0.717, 1.165) is 23.0 Å². The van der Waals surface area contributed by atoms with Crippen LogP contribution >= 0.6 is 0 Å². The number of hydrogen-bond donors (Lipinski definition) is 1. The van der Waals surface area contributed by atoms with Crippen LogP contribution in [-0.4, -0.2) is 11.0 Å². The molecule has 2 N–H and O–H groups in total. The fourth-order valence-electron chi connectivity index (χ4n) is 3.92. The number of carbonyl (C=O) groups is 1. The van der Waals surface area contributed by atoms with Crippen molar-refractivity contribution in [1.82, 2.24) is 4.98 Å². The van der Waals surface area contributed by atoms with Crippen molar-refractivity contribution in [2.75, 3.05) is 0 Å². The lowest BCUT2D eigenvalue weighted by Crippen LogP contribution is -2.22. The van der Waals surface area contributed by atoms with Crippen LogP contribution in [0, 0.1) is 23.0 Å². The first-order valence-corrected chi connectivity index (χ1v) is 10.2. The number of esters is 1. The number of nitriles is 1. The normalized spacial score (nSPS) is 14.8. The molecule has 1 atom stereocenters. The highest BCUT2D eigenvalue weighted by Gasteiger charge is 2.33. The number of ether oxygens (including phenoxy) is 2. The smallest absolute Gasteiger partial charge is 0.343 e. The summed E-state index contributed by atoms with van der Waals surface area (Å²) in [6, 6.07) is 18.2. The molecule has 166 valence electrons. The quantitative estimate of drug-likeness (QED) is 0.347. The van der Waals surface area contributed by atoms with E-state index >= 15 is 0 Å². The number of allylic oxidation sites excluding steroid dienone is 1. The molecule has 0 saturated carbocycles. The van der Waals surface area contributed by atoms with Crippen molar-refractivity contribution in [1.29, 1.82) is 5.26 Å². The van der Waals surface area contributed by atoms with Gasteiger partial charge < -0.3 is 15.2 Å². The molecule has 1 aliphatic rings. The summed E-state index contributed by atoms with van der Waals surface area (Å²) in [5.41, 5.74) is 7.49. The number of rotatable bonds is 3. The van der Waals surface area contributed by atoms with Crippen molar-refractivity contribution in [2.24, 2.45) is 5.73 Å². The van der Waals surface area contributed by atoms with Gasteiger partial charge in [0.15, 0.2) is 0 Å². The lowest BCUT2D eigenvalue weighted by Gasteiger charge is -2.27. The Hall–Kier alpha value is -4.77. The van der Waals surface area contributed by atoms with Gasteiger partial charge in [-0.3, -0.25) is 4.98 Å². The summed E-state index contributed by atoms with van der Waals surface area (Å²) >= 11 is 0. The molecule has 4 aromatic rings. The van der Waals surface area contributed by atoms with Gasteiger partial charge in [-0.1, -0.05) is 18.2 Å². The molecule has 8 heteroatoms. The number of pyridine rings is 1. The molecule has 0 radical (unpaired) electrons. The largest absolute Gasteiger partial charge is 0.440 e. The number of nitrogens with two attached hydrogens (primary N) is 1. The first-order chi connectivity index (χ1) is 16.4. The first kappa shape index (κ1) is 21.1. The number of hydrogen-bond acceptors (Lipinski definition) is 6. The third-order valence-electron chi connectivity index (χ3n) is 5.51. The van der Waals surface area contributed by atoms with Crippen molar-refractivity contribution >= 4 is 16.9 Å². The molecule has 0 saturated heterocycles. The fraction of sp³-hybridized carbons (Fsp3) is 0.0385. The predicted octanol–water partition coefficient (Wildman–Crippen LogP) is 4.95. The Morgan fingerprint density at radius 3 is 2.68 bits per heavy atom. The summed E-state index contributed by atoms with van der Waals surface area (Å²) in [6.07, 6.45) is 1.66. The van der Waals surface area contributed by atoms with Crippen molar-refractivity contribution in [2.45, 2.75) is 5.92 Å². The van der Waals surface area contributed by atoms with Gasteiger partial charge in [-0.25, -0.2) is 13.6 Å². The Labute approximate surface area is 192 Å². The highest BCUT2D eigenvalue weighted by Crippen LogP contribution is 2.44. The molecule has 0 fully saturated rings. The second-order valence-corrected chi connectivity index (χ2v) is 7.59. The van der Waals surface area contributed by atoms with E-state index < -0.39 is 23.5 Å². The van der Waals surface area contributed by atoms with Gasteiger partial charge in [-0.2, -0.15) is 5.26 Å². The molecule has 0 spiro atoms. The van der Waals surface area contributed by atoms with E-state index in [1.807, 2.05) is 12.1 Å². The van der Waals surface area contributed by atoms with Gasteiger partial charge in [-0.15, -0.1) is 0 Å². The number of aromatic nitrogens is 1. The number of fused-ring (bicyclic) bond motifs is 2. The van der Waals surface area contributed by atoms with Gasteiger partial charge in [0.05, 0.1) is 17.0 Å². The first-order valence-electron chi connectivity index (χ1n) is 10.2. The summed E-state index contributed by atoms with van der Waals surface area (Å²) in [7, 11) is 0. The van der Waals surface area contributed by atoms with Crippen LogP contribution in [0.15, 0.2) is 84.4 Å². The van der Waals surface area contributed by atoms with E-state index in [-0.39, 0.29) is 28.5 Å². The molecule has 0 aliphatic carbocycles.